The highest BCUT2D eigenvalue weighted by Crippen LogP contribution is 2.21. The molecule has 52 heavy (non-hydrogen) atoms. The maximum Gasteiger partial charge on any atom is 0.355 e. The van der Waals surface area contributed by atoms with E-state index in [1.165, 1.54) is 69.3 Å². The quantitative estimate of drug-likeness (QED) is 0.0646. The van der Waals surface area contributed by atoms with Crippen molar-refractivity contribution in [2.75, 3.05) is 37.1 Å². The van der Waals surface area contributed by atoms with Gasteiger partial charge in [0.05, 0.1) is 60.0 Å². The number of anilines is 2. The highest BCUT2D eigenvalue weighted by atomic mass is 16.7. The fourth-order valence-electron chi connectivity index (χ4n) is 5.10. The number of nitrogens with zero attached hydrogens (tertiary/aromatic N) is 6. The van der Waals surface area contributed by atoms with Crippen LogP contribution in [0.15, 0.2) is 49.1 Å². The van der Waals surface area contributed by atoms with Crippen molar-refractivity contribution < 1.29 is 48.0 Å². The van der Waals surface area contributed by atoms with Crippen LogP contribution in [0.2, 0.25) is 0 Å². The van der Waals surface area contributed by atoms with Crippen molar-refractivity contribution in [3.63, 3.8) is 0 Å². The van der Waals surface area contributed by atoms with Gasteiger partial charge in [0.25, 0.3) is 23.2 Å². The van der Waals surface area contributed by atoms with Gasteiger partial charge in [-0.3, -0.25) is 29.8 Å². The summed E-state index contributed by atoms with van der Waals surface area (Å²) in [6, 6.07) is 5.13. The Labute approximate surface area is 296 Å². The van der Waals surface area contributed by atoms with Gasteiger partial charge in [-0.05, 0) is 32.9 Å². The van der Waals surface area contributed by atoms with Gasteiger partial charge >= 0.3 is 11.9 Å². The van der Waals surface area contributed by atoms with Crippen molar-refractivity contribution in [2.24, 2.45) is 14.1 Å². The molecule has 4 aromatic heterocycles. The molecule has 278 valence electrons. The number of carbonyl (C=O) groups is 4. The molecule has 0 aromatic carbocycles. The number of rotatable bonds is 18. The number of aryl methyl sites for hydroxylation is 2. The predicted octanol–water partition coefficient (Wildman–Crippen LogP) is 3.72. The van der Waals surface area contributed by atoms with Crippen LogP contribution in [0.3, 0.4) is 0 Å². The SMILES string of the molecule is CCOC(=O)c1cc(NC(=O)c2cc([N+](=O)[O-])cn2C)cn1CCOC(C)OCCn1cc(NC(=O)c2cc([N+](=O)[O-])cn2C)cc1C(=O)OCC. The molecule has 0 aliphatic rings. The van der Waals surface area contributed by atoms with Gasteiger partial charge in [-0.15, -0.1) is 0 Å². The van der Waals surface area contributed by atoms with Crippen molar-refractivity contribution in [1.82, 2.24) is 18.3 Å². The van der Waals surface area contributed by atoms with Gasteiger partial charge in [0.1, 0.15) is 22.8 Å². The number of aromatic nitrogens is 4. The first-order valence-corrected chi connectivity index (χ1v) is 15.9. The maximum absolute atomic E-state index is 12.8. The Balaban J connectivity index is 1.35. The molecule has 2 N–H and O–H groups in total. The van der Waals surface area contributed by atoms with Gasteiger partial charge < -0.3 is 47.8 Å². The molecule has 0 saturated carbocycles. The van der Waals surface area contributed by atoms with Crippen molar-refractivity contribution in [2.45, 2.75) is 40.2 Å². The van der Waals surface area contributed by atoms with E-state index in [0.29, 0.717) is 0 Å². The second-order valence-electron chi connectivity index (χ2n) is 11.2. The second-order valence-corrected chi connectivity index (χ2v) is 11.2. The summed E-state index contributed by atoms with van der Waals surface area (Å²) in [4.78, 5) is 71.9. The zero-order chi connectivity index (χ0) is 38.1. The lowest BCUT2D eigenvalue weighted by atomic mass is 10.3. The molecule has 4 heterocycles. The van der Waals surface area contributed by atoms with Crippen molar-refractivity contribution >= 4 is 46.5 Å². The van der Waals surface area contributed by atoms with Crippen LogP contribution in [0.1, 0.15) is 62.7 Å². The van der Waals surface area contributed by atoms with Gasteiger partial charge in [-0.1, -0.05) is 0 Å². The minimum Gasteiger partial charge on any atom is -0.461 e. The molecule has 0 fully saturated rings. The topological polar surface area (TPSA) is 235 Å². The highest BCUT2D eigenvalue weighted by Gasteiger charge is 2.22. The van der Waals surface area contributed by atoms with Gasteiger partial charge in [-0.25, -0.2) is 9.59 Å². The Morgan fingerprint density at radius 3 is 1.38 bits per heavy atom. The van der Waals surface area contributed by atoms with Crippen LogP contribution in [-0.4, -0.2) is 84.6 Å². The Kier molecular flexibility index (Phi) is 12.7. The second kappa shape index (κ2) is 17.1. The van der Waals surface area contributed by atoms with E-state index >= 15 is 0 Å². The molecule has 0 atom stereocenters. The normalized spacial score (nSPS) is 11.0. The van der Waals surface area contributed by atoms with Gasteiger partial charge in [0.15, 0.2) is 6.29 Å². The Morgan fingerprint density at radius 2 is 1.06 bits per heavy atom. The molecular formula is C32H38N8O12. The first kappa shape index (κ1) is 38.5. The van der Waals surface area contributed by atoms with Crippen LogP contribution >= 0.6 is 0 Å². The summed E-state index contributed by atoms with van der Waals surface area (Å²) >= 11 is 0. The number of hydrogen-bond acceptors (Lipinski definition) is 12. The molecule has 0 aliphatic heterocycles. The fourth-order valence-corrected chi connectivity index (χ4v) is 5.10. The summed E-state index contributed by atoms with van der Waals surface area (Å²) in [5, 5.41) is 27.5. The summed E-state index contributed by atoms with van der Waals surface area (Å²) in [5.41, 5.74) is 0.389. The Morgan fingerprint density at radius 1 is 0.673 bits per heavy atom. The van der Waals surface area contributed by atoms with Crippen LogP contribution < -0.4 is 10.6 Å². The maximum atomic E-state index is 12.8. The van der Waals surface area contributed by atoms with E-state index in [-0.39, 0.29) is 85.0 Å². The molecule has 0 unspecified atom stereocenters. The lowest BCUT2D eigenvalue weighted by Crippen LogP contribution is -2.21. The highest BCUT2D eigenvalue weighted by molar-refractivity contribution is 6.05. The average molecular weight is 727 g/mol. The number of ether oxygens (including phenoxy) is 4. The van der Waals surface area contributed by atoms with Crippen molar-refractivity contribution in [1.29, 1.82) is 0 Å². The number of nitrogens with one attached hydrogen (secondary N) is 2. The van der Waals surface area contributed by atoms with E-state index in [1.54, 1.807) is 20.8 Å². The van der Waals surface area contributed by atoms with Gasteiger partial charge in [0.2, 0.25) is 0 Å². The van der Waals surface area contributed by atoms with Crippen LogP contribution in [0, 0.1) is 20.2 Å². The first-order valence-electron chi connectivity index (χ1n) is 15.9. The first-order chi connectivity index (χ1) is 24.7. The summed E-state index contributed by atoms with van der Waals surface area (Å²) in [6.45, 7) is 5.65. The largest absolute Gasteiger partial charge is 0.461 e. The third-order valence-electron chi connectivity index (χ3n) is 7.52. The number of hydrogen-bond donors (Lipinski definition) is 2. The molecule has 4 rings (SSSR count). The molecule has 0 spiro atoms. The minimum absolute atomic E-state index is 0.0436. The zero-order valence-corrected chi connectivity index (χ0v) is 29.0. The molecule has 2 amide bonds. The van der Waals surface area contributed by atoms with Crippen LogP contribution in [0.5, 0.6) is 0 Å². The van der Waals surface area contributed by atoms with Crippen molar-refractivity contribution in [3.8, 4) is 0 Å². The standard InChI is InChI=1S/C32H38N8O12/c1-6-49-31(43)27-12-21(33-29(41)25-14-23(39(45)46)18-35(25)4)16-37(27)8-10-51-20(3)52-11-9-38-17-22(13-28(38)32(44)50-7-2)34-30(42)26-15-24(40(47)48)19-36(26)5/h12-20H,6-11H2,1-5H3,(H,33,41)(H,34,42). The molecule has 0 radical (unpaired) electrons. The summed E-state index contributed by atoms with van der Waals surface area (Å²) in [6.07, 6.45) is 4.71. The third-order valence-corrected chi connectivity index (χ3v) is 7.52. The Hall–Kier alpha value is -6.28. The van der Waals surface area contributed by atoms with E-state index in [0.717, 1.165) is 12.1 Å². The molecule has 0 bridgehead atoms. The van der Waals surface area contributed by atoms with Crippen LogP contribution in [-0.2, 0) is 46.1 Å². The monoisotopic (exact) mass is 726 g/mol. The third kappa shape index (κ3) is 9.48. The van der Waals surface area contributed by atoms with Gasteiger partial charge in [-0.2, -0.15) is 0 Å². The molecule has 0 saturated heterocycles. The molecule has 4 aromatic rings. The molecular weight excluding hydrogens is 688 g/mol. The van der Waals surface area contributed by atoms with Crippen molar-refractivity contribution in [3.05, 3.63) is 92.1 Å². The number of esters is 2. The fraction of sp³-hybridized carbons (Fsp3) is 0.375. The van der Waals surface area contributed by atoms with Gasteiger partial charge in [0, 0.05) is 51.7 Å². The predicted molar refractivity (Wildman–Crippen MR) is 182 cm³/mol. The molecule has 20 heteroatoms. The number of nitro groups is 2. The summed E-state index contributed by atoms with van der Waals surface area (Å²) in [5.74, 6) is -2.50. The lowest BCUT2D eigenvalue weighted by Gasteiger charge is -2.16. The zero-order valence-electron chi connectivity index (χ0n) is 29.0. The average Bonchev–Trinajstić information content (AvgIpc) is 3.86. The van der Waals surface area contributed by atoms with Crippen LogP contribution in [0.4, 0.5) is 22.7 Å². The van der Waals surface area contributed by atoms with E-state index in [2.05, 4.69) is 10.6 Å². The number of amides is 2. The van der Waals surface area contributed by atoms with E-state index in [4.69, 9.17) is 18.9 Å². The lowest BCUT2D eigenvalue weighted by molar-refractivity contribution is -0.385. The van der Waals surface area contributed by atoms with E-state index in [9.17, 15) is 39.4 Å². The smallest absolute Gasteiger partial charge is 0.355 e. The van der Waals surface area contributed by atoms with E-state index in [1.807, 2.05) is 0 Å². The Bertz CT molecular complexity index is 1830. The van der Waals surface area contributed by atoms with E-state index < -0.39 is 39.9 Å². The summed E-state index contributed by atoms with van der Waals surface area (Å²) < 4.78 is 27.5. The molecule has 20 nitrogen and oxygen atoms in total. The minimum atomic E-state index is -0.733. The van der Waals surface area contributed by atoms with Crippen LogP contribution in [0.25, 0.3) is 0 Å². The summed E-state index contributed by atoms with van der Waals surface area (Å²) in [7, 11) is 3.00. The molecule has 0 aliphatic carbocycles. The number of carbonyl (C=O) groups excluding carboxylic acids is 4.